The Morgan fingerprint density at radius 1 is 1.43 bits per heavy atom. The van der Waals surface area contributed by atoms with E-state index in [2.05, 4.69) is 15.4 Å². The number of hydrogen-bond donors (Lipinski definition) is 2. The van der Waals surface area contributed by atoms with E-state index < -0.39 is 11.9 Å². The number of primary amides is 1. The molecular formula is C13H11Cl2N5O. The fourth-order valence-corrected chi connectivity index (χ4v) is 2.93. The Balaban J connectivity index is 2.24. The third kappa shape index (κ3) is 2.26. The van der Waals surface area contributed by atoms with Gasteiger partial charge in [-0.3, -0.25) is 4.79 Å². The van der Waals surface area contributed by atoms with Crippen LogP contribution in [0.5, 0.6) is 0 Å². The van der Waals surface area contributed by atoms with Crippen molar-refractivity contribution in [3.8, 4) is 0 Å². The summed E-state index contributed by atoms with van der Waals surface area (Å²) in [7, 11) is 0. The first-order valence-corrected chi connectivity index (χ1v) is 6.86. The van der Waals surface area contributed by atoms with Crippen molar-refractivity contribution < 1.29 is 4.79 Å². The number of allylic oxidation sites excluding steroid dienone is 1. The molecule has 1 amide bonds. The van der Waals surface area contributed by atoms with Gasteiger partial charge in [0, 0.05) is 21.3 Å². The molecule has 3 rings (SSSR count). The summed E-state index contributed by atoms with van der Waals surface area (Å²) >= 11 is 12.2. The summed E-state index contributed by atoms with van der Waals surface area (Å²) in [6.45, 7) is 1.76. The van der Waals surface area contributed by atoms with Crippen molar-refractivity contribution >= 4 is 35.1 Å². The van der Waals surface area contributed by atoms with E-state index in [9.17, 15) is 4.79 Å². The molecule has 3 N–H and O–H groups in total. The smallest absolute Gasteiger partial charge is 0.248 e. The summed E-state index contributed by atoms with van der Waals surface area (Å²) < 4.78 is 1.57. The lowest BCUT2D eigenvalue weighted by atomic mass is 9.95. The maximum Gasteiger partial charge on any atom is 0.248 e. The highest BCUT2D eigenvalue weighted by molar-refractivity contribution is 6.35. The summed E-state index contributed by atoms with van der Waals surface area (Å²) in [5, 5.41) is 8.10. The van der Waals surface area contributed by atoms with Crippen molar-refractivity contribution in [2.75, 3.05) is 5.32 Å². The summed E-state index contributed by atoms with van der Waals surface area (Å²) in [5.41, 5.74) is 7.22. The van der Waals surface area contributed by atoms with E-state index in [-0.39, 0.29) is 0 Å². The second-order valence-electron chi connectivity index (χ2n) is 4.62. The molecule has 1 atom stereocenters. The van der Waals surface area contributed by atoms with Crippen LogP contribution >= 0.6 is 23.2 Å². The van der Waals surface area contributed by atoms with Crippen molar-refractivity contribution in [1.82, 2.24) is 14.8 Å². The minimum atomic E-state index is -0.544. The van der Waals surface area contributed by atoms with Crippen LogP contribution < -0.4 is 11.1 Å². The van der Waals surface area contributed by atoms with Crippen LogP contribution in [0.15, 0.2) is 35.8 Å². The fourth-order valence-electron chi connectivity index (χ4n) is 2.42. The number of halogens is 2. The zero-order valence-corrected chi connectivity index (χ0v) is 12.5. The Hall–Kier alpha value is -2.05. The van der Waals surface area contributed by atoms with Gasteiger partial charge in [-0.2, -0.15) is 10.1 Å². The van der Waals surface area contributed by atoms with Crippen LogP contribution in [0.2, 0.25) is 10.0 Å². The summed E-state index contributed by atoms with van der Waals surface area (Å²) in [6, 6.07) is 4.54. The topological polar surface area (TPSA) is 85.8 Å². The third-order valence-corrected chi connectivity index (χ3v) is 3.88. The van der Waals surface area contributed by atoms with Crippen LogP contribution in [-0.4, -0.2) is 20.7 Å². The van der Waals surface area contributed by atoms with E-state index in [4.69, 9.17) is 28.9 Å². The molecule has 0 aliphatic carbocycles. The van der Waals surface area contributed by atoms with Crippen molar-refractivity contribution in [3.05, 3.63) is 51.4 Å². The average Bonchev–Trinajstić information content (AvgIpc) is 2.84. The van der Waals surface area contributed by atoms with Gasteiger partial charge in [-0.05, 0) is 19.1 Å². The van der Waals surface area contributed by atoms with Crippen molar-refractivity contribution in [3.63, 3.8) is 0 Å². The monoisotopic (exact) mass is 323 g/mol. The minimum absolute atomic E-state index is 0.386. The summed E-state index contributed by atoms with van der Waals surface area (Å²) in [4.78, 5) is 16.0. The molecule has 0 fully saturated rings. The summed E-state index contributed by atoms with van der Waals surface area (Å²) in [6.07, 6.45) is 1.40. The molecule has 2 aromatic rings. The third-order valence-electron chi connectivity index (χ3n) is 3.32. The maximum atomic E-state index is 11.9. The number of nitrogens with one attached hydrogen (secondary N) is 1. The van der Waals surface area contributed by atoms with Gasteiger partial charge < -0.3 is 11.1 Å². The van der Waals surface area contributed by atoms with Gasteiger partial charge in [-0.1, -0.05) is 29.3 Å². The molecule has 6 nitrogen and oxygen atoms in total. The van der Waals surface area contributed by atoms with E-state index >= 15 is 0 Å². The average molecular weight is 324 g/mol. The Morgan fingerprint density at radius 3 is 2.86 bits per heavy atom. The first-order chi connectivity index (χ1) is 9.99. The molecule has 108 valence electrons. The van der Waals surface area contributed by atoms with Crippen molar-refractivity contribution in [2.24, 2.45) is 5.73 Å². The molecule has 0 unspecified atom stereocenters. The van der Waals surface area contributed by atoms with Gasteiger partial charge in [0.25, 0.3) is 0 Å². The molecule has 8 heteroatoms. The molecule has 0 radical (unpaired) electrons. The predicted octanol–water partition coefficient (Wildman–Crippen LogP) is 2.36. The molecular weight excluding hydrogens is 313 g/mol. The van der Waals surface area contributed by atoms with Crippen LogP contribution in [0.1, 0.15) is 18.5 Å². The minimum Gasteiger partial charge on any atom is -0.366 e. The molecule has 1 aliphatic rings. The summed E-state index contributed by atoms with van der Waals surface area (Å²) in [5.74, 6) is -0.0225. The van der Waals surface area contributed by atoms with Gasteiger partial charge in [0.1, 0.15) is 12.4 Å². The molecule has 1 aliphatic heterocycles. The Morgan fingerprint density at radius 2 is 2.19 bits per heavy atom. The van der Waals surface area contributed by atoms with Crippen molar-refractivity contribution in [2.45, 2.75) is 13.0 Å². The highest BCUT2D eigenvalue weighted by Gasteiger charge is 2.33. The molecule has 2 heterocycles. The van der Waals surface area contributed by atoms with E-state index in [1.165, 1.54) is 6.33 Å². The van der Waals surface area contributed by atoms with Crippen LogP contribution in [0.3, 0.4) is 0 Å². The van der Waals surface area contributed by atoms with E-state index in [1.54, 1.807) is 29.8 Å². The molecule has 1 aromatic carbocycles. The van der Waals surface area contributed by atoms with Crippen LogP contribution in [-0.2, 0) is 4.79 Å². The molecule has 0 saturated heterocycles. The number of rotatable bonds is 2. The van der Waals surface area contributed by atoms with Crippen LogP contribution in [0.25, 0.3) is 0 Å². The van der Waals surface area contributed by atoms with Gasteiger partial charge in [0.15, 0.2) is 0 Å². The van der Waals surface area contributed by atoms with Gasteiger partial charge in [0.05, 0.1) is 5.57 Å². The highest BCUT2D eigenvalue weighted by Crippen LogP contribution is 2.38. The molecule has 0 spiro atoms. The molecule has 0 bridgehead atoms. The second-order valence-corrected chi connectivity index (χ2v) is 5.47. The maximum absolute atomic E-state index is 11.9. The lowest BCUT2D eigenvalue weighted by molar-refractivity contribution is -0.115. The van der Waals surface area contributed by atoms with Gasteiger partial charge >= 0.3 is 0 Å². The van der Waals surface area contributed by atoms with Gasteiger partial charge in [-0.15, -0.1) is 0 Å². The number of amides is 1. The van der Waals surface area contributed by atoms with Crippen LogP contribution in [0, 0.1) is 0 Å². The zero-order valence-electron chi connectivity index (χ0n) is 11.0. The lowest BCUT2D eigenvalue weighted by Gasteiger charge is -2.28. The van der Waals surface area contributed by atoms with E-state index in [0.29, 0.717) is 32.8 Å². The second kappa shape index (κ2) is 5.05. The molecule has 21 heavy (non-hydrogen) atoms. The SMILES string of the molecule is CC1=C(C(N)=O)[C@H](c2ccc(Cl)cc2Cl)n2ncnc2N1. The number of aromatic nitrogens is 3. The Bertz CT molecular complexity index is 768. The number of carbonyl (C=O) groups is 1. The molecule has 0 saturated carbocycles. The number of nitrogens with two attached hydrogens (primary N) is 1. The number of nitrogens with zero attached hydrogens (tertiary/aromatic N) is 3. The van der Waals surface area contributed by atoms with Crippen molar-refractivity contribution in [1.29, 1.82) is 0 Å². The first kappa shape index (κ1) is 13.9. The number of benzene rings is 1. The Kier molecular flexibility index (Phi) is 3.35. The van der Waals surface area contributed by atoms with Crippen LogP contribution in [0.4, 0.5) is 5.95 Å². The standard InChI is InChI=1S/C13H11Cl2N5O/c1-6-10(12(16)21)11(20-13(19-6)17-5-18-20)8-3-2-7(14)4-9(8)15/h2-5,11H,1H3,(H2,16,21)(H,17,18,19)/t11-/m0/s1. The van der Waals surface area contributed by atoms with Gasteiger partial charge in [-0.25, -0.2) is 4.68 Å². The number of hydrogen-bond acceptors (Lipinski definition) is 4. The largest absolute Gasteiger partial charge is 0.366 e. The number of anilines is 1. The highest BCUT2D eigenvalue weighted by atomic mass is 35.5. The van der Waals surface area contributed by atoms with Gasteiger partial charge in [0.2, 0.25) is 11.9 Å². The lowest BCUT2D eigenvalue weighted by Crippen LogP contribution is -2.32. The Labute approximate surface area is 130 Å². The quantitative estimate of drug-likeness (QED) is 0.888. The first-order valence-electron chi connectivity index (χ1n) is 6.11. The number of carbonyl (C=O) groups excluding carboxylic acids is 1. The zero-order chi connectivity index (χ0) is 15.1. The number of fused-ring (bicyclic) bond motifs is 1. The molecule has 1 aromatic heterocycles. The normalized spacial score (nSPS) is 17.4. The predicted molar refractivity (Wildman–Crippen MR) is 80.1 cm³/mol. The van der Waals surface area contributed by atoms with E-state index in [0.717, 1.165) is 0 Å². The fraction of sp³-hybridized carbons (Fsp3) is 0.154. The van der Waals surface area contributed by atoms with E-state index in [1.807, 2.05) is 0 Å².